The molecule has 2 aliphatic rings. The Hall–Kier alpha value is -3.31. The van der Waals surface area contributed by atoms with E-state index in [1.165, 1.54) is 35.9 Å². The predicted molar refractivity (Wildman–Crippen MR) is 184 cm³/mol. The summed E-state index contributed by atoms with van der Waals surface area (Å²) in [5.74, 6) is -0.735. The highest BCUT2D eigenvalue weighted by Crippen LogP contribution is 2.37. The molecule has 3 heterocycles. The Kier molecular flexibility index (Phi) is 12.3. The molecule has 3 aromatic carbocycles. The van der Waals surface area contributed by atoms with Gasteiger partial charge in [-0.15, -0.1) is 29.9 Å². The smallest absolute Gasteiger partial charge is 0.453 e. The molecule has 1 aromatic heterocycles. The van der Waals surface area contributed by atoms with Crippen LogP contribution in [0.4, 0.5) is 13.2 Å². The summed E-state index contributed by atoms with van der Waals surface area (Å²) in [5.41, 5.74) is 3.10. The Balaban J connectivity index is 0.00000270. The number of hydrogen-bond donors (Lipinski definition) is 0. The zero-order valence-electron chi connectivity index (χ0n) is 27.1. The van der Waals surface area contributed by atoms with Crippen molar-refractivity contribution < 1.29 is 26.3 Å². The van der Waals surface area contributed by atoms with E-state index in [2.05, 4.69) is 49.6 Å². The molecule has 0 saturated carbocycles. The van der Waals surface area contributed by atoms with Crippen LogP contribution in [-0.2, 0) is 22.9 Å². The Labute approximate surface area is 296 Å². The lowest BCUT2D eigenvalue weighted by Gasteiger charge is -2.53. The molecule has 2 atom stereocenters. The molecule has 0 unspecified atom stereocenters. The number of piperazine rings is 2. The summed E-state index contributed by atoms with van der Waals surface area (Å²) < 4.78 is 76.5. The van der Waals surface area contributed by atoms with Crippen LogP contribution < -0.4 is 4.74 Å². The highest BCUT2D eigenvalue weighted by Gasteiger charge is 2.45. The van der Waals surface area contributed by atoms with Gasteiger partial charge in [0.15, 0.2) is 0 Å². The lowest BCUT2D eigenvalue weighted by molar-refractivity contribution is -0.146. The summed E-state index contributed by atoms with van der Waals surface area (Å²) in [5, 5.41) is 10.1. The van der Waals surface area contributed by atoms with E-state index in [4.69, 9.17) is 4.74 Å². The van der Waals surface area contributed by atoms with E-state index >= 15 is 0 Å². The van der Waals surface area contributed by atoms with E-state index in [9.17, 15) is 21.6 Å². The number of nitrogens with zero attached hydrogens (tertiary/aromatic N) is 8. The maximum atomic E-state index is 13.7. The summed E-state index contributed by atoms with van der Waals surface area (Å²) in [7, 11) is 0.947. The number of methoxy groups -OCH3 is 1. The summed E-state index contributed by atoms with van der Waals surface area (Å²) >= 11 is 0. The fraction of sp³-hybridized carbons (Fsp3) is 0.406. The van der Waals surface area contributed by atoms with Gasteiger partial charge in [0.1, 0.15) is 5.75 Å². The summed E-state index contributed by atoms with van der Waals surface area (Å²) in [4.78, 5) is 4.68. The van der Waals surface area contributed by atoms with E-state index < -0.39 is 22.2 Å². The van der Waals surface area contributed by atoms with E-state index in [0.717, 1.165) is 11.1 Å². The van der Waals surface area contributed by atoms with Crippen molar-refractivity contribution >= 4 is 35.0 Å². The van der Waals surface area contributed by atoms with Crippen LogP contribution in [0, 0.1) is 0 Å². The fourth-order valence-electron chi connectivity index (χ4n) is 6.80. The Morgan fingerprint density at radius 1 is 0.918 bits per heavy atom. The van der Waals surface area contributed by atoms with Gasteiger partial charge < -0.3 is 4.74 Å². The van der Waals surface area contributed by atoms with Gasteiger partial charge in [0.2, 0.25) is 0 Å². The molecule has 4 aromatic rings. The first-order valence-corrected chi connectivity index (χ1v) is 16.7. The largest absolute Gasteiger partial charge is 0.496 e. The molecule has 2 fully saturated rings. The molecule has 0 N–H and O–H groups in total. The molecule has 0 spiro atoms. The number of fused-ring (bicyclic) bond motifs is 1. The van der Waals surface area contributed by atoms with Gasteiger partial charge in [-0.1, -0.05) is 60.7 Å². The number of rotatable bonds is 9. The molecule has 49 heavy (non-hydrogen) atoms. The van der Waals surface area contributed by atoms with Crippen molar-refractivity contribution in [2.45, 2.75) is 30.7 Å². The second-order valence-electron chi connectivity index (χ2n) is 12.0. The minimum atomic E-state index is -4.74. The first kappa shape index (κ1) is 38.5. The van der Waals surface area contributed by atoms with E-state index in [-0.39, 0.29) is 48.5 Å². The summed E-state index contributed by atoms with van der Waals surface area (Å²) in [6, 6.07) is 25.1. The normalized spacial score (nSPS) is 19.3. The lowest BCUT2D eigenvalue weighted by atomic mass is 9.81. The minimum Gasteiger partial charge on any atom is -0.496 e. The predicted octanol–water partition coefficient (Wildman–Crippen LogP) is 4.34. The second-order valence-corrected chi connectivity index (χ2v) is 14.2. The van der Waals surface area contributed by atoms with Crippen molar-refractivity contribution in [3.63, 3.8) is 0 Å². The maximum absolute atomic E-state index is 13.7. The maximum Gasteiger partial charge on any atom is 0.453 e. The van der Waals surface area contributed by atoms with Crippen LogP contribution in [0.1, 0.15) is 28.4 Å². The van der Waals surface area contributed by atoms with Crippen LogP contribution in [0.15, 0.2) is 78.9 Å². The second kappa shape index (κ2) is 15.7. The number of ether oxygens (including phenoxy) is 1. The first-order valence-electron chi connectivity index (χ1n) is 15.3. The first-order chi connectivity index (χ1) is 22.5. The molecule has 17 heteroatoms. The van der Waals surface area contributed by atoms with Gasteiger partial charge in [-0.25, -0.2) is 0 Å². The van der Waals surface area contributed by atoms with Crippen LogP contribution in [0.3, 0.4) is 0 Å². The quantitative estimate of drug-likeness (QED) is 0.250. The van der Waals surface area contributed by atoms with Gasteiger partial charge in [-0.05, 0) is 39.8 Å². The Morgan fingerprint density at radius 3 is 2.12 bits per heavy atom. The van der Waals surface area contributed by atoms with E-state index in [1.54, 1.807) is 12.1 Å². The van der Waals surface area contributed by atoms with Crippen molar-refractivity contribution in [3.05, 3.63) is 101 Å². The highest BCUT2D eigenvalue weighted by molar-refractivity contribution is 7.86. The number of benzene rings is 3. The minimum absolute atomic E-state index is 0. The lowest BCUT2D eigenvalue weighted by Crippen LogP contribution is -2.67. The zero-order chi connectivity index (χ0) is 33.3. The summed E-state index contributed by atoms with van der Waals surface area (Å²) in [6.07, 6.45) is -4.74. The molecule has 2 aliphatic heterocycles. The summed E-state index contributed by atoms with van der Waals surface area (Å²) in [6.45, 7) is 2.74. The van der Waals surface area contributed by atoms with Gasteiger partial charge in [-0.3, -0.25) is 9.80 Å². The fourth-order valence-corrected chi connectivity index (χ4v) is 7.94. The molecule has 0 amide bonds. The van der Waals surface area contributed by atoms with Gasteiger partial charge in [0.25, 0.3) is 16.0 Å². The Morgan fingerprint density at radius 2 is 1.55 bits per heavy atom. The number of aromatic nitrogens is 4. The topological polar surface area (TPSA) is 99.9 Å². The van der Waals surface area contributed by atoms with Gasteiger partial charge >= 0.3 is 6.18 Å². The van der Waals surface area contributed by atoms with Crippen LogP contribution in [0.5, 0.6) is 5.75 Å². The third-order valence-corrected chi connectivity index (χ3v) is 10.9. The molecular weight excluding hydrogens is 704 g/mol. The van der Waals surface area contributed by atoms with Crippen molar-refractivity contribution in [1.82, 2.24) is 38.6 Å². The number of halogens is 5. The van der Waals surface area contributed by atoms with Crippen molar-refractivity contribution in [1.29, 1.82) is 0 Å². The van der Waals surface area contributed by atoms with Crippen LogP contribution >= 0.6 is 24.8 Å². The van der Waals surface area contributed by atoms with Gasteiger partial charge in [0, 0.05) is 76.9 Å². The third kappa shape index (κ3) is 8.03. The number of tetrazole rings is 1. The highest BCUT2D eigenvalue weighted by atomic mass is 35.5. The monoisotopic (exact) mass is 742 g/mol. The molecule has 0 aliphatic carbocycles. The van der Waals surface area contributed by atoms with Crippen LogP contribution in [0.25, 0.3) is 5.69 Å². The van der Waals surface area contributed by atoms with E-state index in [1.807, 2.05) is 36.4 Å². The molecule has 0 bridgehead atoms. The van der Waals surface area contributed by atoms with E-state index in [0.29, 0.717) is 55.3 Å². The molecule has 2 saturated heterocycles. The van der Waals surface area contributed by atoms with Crippen LogP contribution in [0.2, 0.25) is 0 Å². The molecule has 266 valence electrons. The average Bonchev–Trinajstić information content (AvgIpc) is 3.57. The van der Waals surface area contributed by atoms with Crippen molar-refractivity contribution in [2.75, 3.05) is 53.9 Å². The SMILES string of the molecule is COc1ccc(-n2nnnc2C(F)(F)F)cc1CN1C[C@@H]2CN(S(=O)(=O)N(C)C)CCN2[C@H](C(c2ccccc2)c2ccccc2)C1.Cl.Cl. The molecule has 0 radical (unpaired) electrons. The number of hydrogen-bond acceptors (Lipinski definition) is 8. The number of alkyl halides is 3. The standard InChI is InChI=1S/C32H37F3N8O3S.2ClH/c1-39(2)47(44,45)41-16-17-42-27(21-41)20-40(22-28(42)30(23-10-6-4-7-11-23)24-12-8-5-9-13-24)19-25-18-26(14-15-29(25)46-3)43-31(32(33,34)35)36-37-38-43;;/h4-15,18,27-28,30H,16-17,19-22H2,1-3H3;2*1H/t27-,28+;;/m1../s1. The zero-order valence-corrected chi connectivity index (χ0v) is 29.6. The molecule has 6 rings (SSSR count). The van der Waals surface area contributed by atoms with Gasteiger partial charge in [0.05, 0.1) is 12.8 Å². The third-order valence-electron chi connectivity index (χ3n) is 8.95. The van der Waals surface area contributed by atoms with Crippen molar-refractivity contribution in [3.8, 4) is 11.4 Å². The molecule has 11 nitrogen and oxygen atoms in total. The molecular formula is C32H39Cl2F3N8O3S. The van der Waals surface area contributed by atoms with Gasteiger partial charge in [-0.2, -0.15) is 34.9 Å². The van der Waals surface area contributed by atoms with Crippen molar-refractivity contribution in [2.24, 2.45) is 0 Å². The average molecular weight is 744 g/mol. The Bertz CT molecular complexity index is 1750. The van der Waals surface area contributed by atoms with Crippen LogP contribution in [-0.4, -0.2) is 113 Å².